The molecule has 1 saturated carbocycles. The van der Waals surface area contributed by atoms with E-state index >= 15 is 0 Å². The molecule has 0 aliphatic heterocycles. The van der Waals surface area contributed by atoms with Gasteiger partial charge in [-0.15, -0.1) is 0 Å². The number of hydrogen-bond donors (Lipinski definition) is 0. The fourth-order valence-corrected chi connectivity index (χ4v) is 1.51. The summed E-state index contributed by atoms with van der Waals surface area (Å²) in [5.41, 5.74) is 0. The van der Waals surface area contributed by atoms with Crippen molar-refractivity contribution >= 4 is 0 Å². The Hall–Kier alpha value is 0.129. The van der Waals surface area contributed by atoms with Crippen molar-refractivity contribution in [2.75, 3.05) is 0 Å². The Morgan fingerprint density at radius 2 is 1.19 bits per heavy atom. The fraction of sp³-hybridized carbons (Fsp3) is 0.400. The quantitative estimate of drug-likeness (QED) is 0.577. The first-order valence-corrected chi connectivity index (χ1v) is 5.94. The Bertz CT molecular complexity index is 162. The minimum absolute atomic E-state index is 0. The van der Waals surface area contributed by atoms with Crippen molar-refractivity contribution in [1.29, 1.82) is 0 Å². The van der Waals surface area contributed by atoms with E-state index in [-0.39, 0.29) is 20.1 Å². The van der Waals surface area contributed by atoms with Crippen molar-refractivity contribution in [1.82, 2.24) is 0 Å². The summed E-state index contributed by atoms with van der Waals surface area (Å²) in [5, 5.41) is 0. The molecule has 2 aliphatic rings. The van der Waals surface area contributed by atoms with Crippen molar-refractivity contribution in [2.24, 2.45) is 0 Å². The Kier molecular flexibility index (Phi) is 11.7. The largest absolute Gasteiger partial charge is 0.0882 e. The van der Waals surface area contributed by atoms with E-state index in [0.29, 0.717) is 0 Å². The molecule has 0 saturated heterocycles. The number of rotatable bonds is 1. The normalized spacial score (nSPS) is 24.3. The van der Waals surface area contributed by atoms with Crippen LogP contribution < -0.4 is 0 Å². The molecule has 0 aromatic rings. The first-order chi connectivity index (χ1) is 7.43. The van der Waals surface area contributed by atoms with Gasteiger partial charge < -0.3 is 0 Å². The van der Waals surface area contributed by atoms with Crippen LogP contribution in [-0.2, 0) is 20.1 Å². The van der Waals surface area contributed by atoms with Crippen molar-refractivity contribution in [3.63, 3.8) is 0 Å². The molecule has 1 fully saturated rings. The summed E-state index contributed by atoms with van der Waals surface area (Å²) >= 11 is 0. The molecule has 0 aromatic carbocycles. The van der Waals surface area contributed by atoms with Crippen LogP contribution in [0.4, 0.5) is 0 Å². The van der Waals surface area contributed by atoms with Crippen molar-refractivity contribution in [3.05, 3.63) is 55.9 Å². The first kappa shape index (κ1) is 16.1. The van der Waals surface area contributed by atoms with Gasteiger partial charge in [0.25, 0.3) is 0 Å². The van der Waals surface area contributed by atoms with E-state index in [1.807, 2.05) is 0 Å². The predicted molar refractivity (Wildman–Crippen MR) is 67.5 cm³/mol. The molecule has 1 heteroatoms. The minimum Gasteiger partial charge on any atom is -0.0882 e. The Morgan fingerprint density at radius 3 is 1.44 bits per heavy atom. The summed E-state index contributed by atoms with van der Waals surface area (Å²) in [6, 6.07) is 0. The van der Waals surface area contributed by atoms with Gasteiger partial charge in [0.15, 0.2) is 0 Å². The molecule has 0 heterocycles. The van der Waals surface area contributed by atoms with E-state index in [2.05, 4.69) is 56.9 Å². The molecular formula is C15H21Ir. The smallest absolute Gasteiger partial charge is 0 e. The standard InChI is InChI=1S/C8H12.C7H9.Ir/c1-2-4-6-8-7-5-3-1;1-2-7-5-3-4-6-7;/h1-2,7-8H,3-6H2;3-6H,2H2,1H3;/b2-1-,8-7-;;. The summed E-state index contributed by atoms with van der Waals surface area (Å²) in [6.07, 6.45) is 23.6. The second-order valence-electron chi connectivity index (χ2n) is 3.74. The summed E-state index contributed by atoms with van der Waals surface area (Å²) < 4.78 is 0. The third kappa shape index (κ3) is 8.30. The molecule has 0 nitrogen and oxygen atoms in total. The van der Waals surface area contributed by atoms with Gasteiger partial charge in [0.1, 0.15) is 0 Å². The van der Waals surface area contributed by atoms with Gasteiger partial charge in [0.2, 0.25) is 0 Å². The van der Waals surface area contributed by atoms with Gasteiger partial charge in [-0.3, -0.25) is 0 Å². The van der Waals surface area contributed by atoms with Gasteiger partial charge in [-0.2, -0.15) is 0 Å². The fourth-order valence-electron chi connectivity index (χ4n) is 1.51. The SMILES string of the molecule is C1=C\CC/C=C\CC/1.CC[C]1[CH][CH][CH][CH]1.[Ir]. The third-order valence-electron chi connectivity index (χ3n) is 2.47. The average molecular weight is 394 g/mol. The number of allylic oxidation sites excluding steroid dienone is 4. The monoisotopic (exact) mass is 394 g/mol. The van der Waals surface area contributed by atoms with E-state index in [0.717, 1.165) is 6.42 Å². The molecule has 0 unspecified atom stereocenters. The predicted octanol–water partition coefficient (Wildman–Crippen LogP) is 4.47. The second-order valence-corrected chi connectivity index (χ2v) is 3.74. The summed E-state index contributed by atoms with van der Waals surface area (Å²) in [4.78, 5) is 0. The van der Waals surface area contributed by atoms with Crippen LogP contribution in [0, 0.1) is 31.6 Å². The summed E-state index contributed by atoms with van der Waals surface area (Å²) in [7, 11) is 0. The van der Waals surface area contributed by atoms with E-state index in [1.54, 1.807) is 0 Å². The molecular weight excluding hydrogens is 372 g/mol. The molecule has 2 aliphatic carbocycles. The zero-order valence-electron chi connectivity index (χ0n) is 9.99. The molecule has 0 N–H and O–H groups in total. The van der Waals surface area contributed by atoms with Crippen LogP contribution in [0.2, 0.25) is 0 Å². The third-order valence-corrected chi connectivity index (χ3v) is 2.47. The van der Waals surface area contributed by atoms with E-state index in [1.165, 1.54) is 31.6 Å². The summed E-state index contributed by atoms with van der Waals surface area (Å²) in [5.74, 6) is 1.43. The molecule has 0 bridgehead atoms. The molecule has 0 aromatic heterocycles. The molecule has 0 atom stereocenters. The van der Waals surface area contributed by atoms with Crippen LogP contribution in [-0.4, -0.2) is 0 Å². The van der Waals surface area contributed by atoms with Crippen molar-refractivity contribution < 1.29 is 20.1 Å². The molecule has 16 heavy (non-hydrogen) atoms. The summed E-state index contributed by atoms with van der Waals surface area (Å²) in [6.45, 7) is 2.16. The van der Waals surface area contributed by atoms with Crippen LogP contribution in [0.5, 0.6) is 0 Å². The van der Waals surface area contributed by atoms with Crippen molar-refractivity contribution in [2.45, 2.75) is 39.0 Å². The maximum atomic E-state index is 2.27. The average Bonchev–Trinajstić information content (AvgIpc) is 2.69. The maximum Gasteiger partial charge on any atom is 0 e. The van der Waals surface area contributed by atoms with Crippen LogP contribution in [0.3, 0.4) is 0 Å². The van der Waals surface area contributed by atoms with Gasteiger partial charge in [0.05, 0.1) is 0 Å². The zero-order chi connectivity index (χ0) is 10.8. The Morgan fingerprint density at radius 1 is 0.812 bits per heavy atom. The van der Waals surface area contributed by atoms with Crippen molar-refractivity contribution in [3.8, 4) is 0 Å². The van der Waals surface area contributed by atoms with Gasteiger partial charge in [-0.1, -0.05) is 31.2 Å². The van der Waals surface area contributed by atoms with Crippen LogP contribution >= 0.6 is 0 Å². The van der Waals surface area contributed by atoms with Gasteiger partial charge in [-0.05, 0) is 63.7 Å². The molecule has 90 valence electrons. The van der Waals surface area contributed by atoms with Gasteiger partial charge in [-0.25, -0.2) is 0 Å². The number of hydrogen-bond acceptors (Lipinski definition) is 0. The first-order valence-electron chi connectivity index (χ1n) is 5.94. The van der Waals surface area contributed by atoms with E-state index < -0.39 is 0 Å². The molecule has 6 radical (unpaired) electrons. The van der Waals surface area contributed by atoms with Gasteiger partial charge >= 0.3 is 0 Å². The topological polar surface area (TPSA) is 0 Å². The van der Waals surface area contributed by atoms with Gasteiger partial charge in [0, 0.05) is 20.1 Å². The van der Waals surface area contributed by atoms with Crippen LogP contribution in [0.15, 0.2) is 24.3 Å². The Balaban J connectivity index is 0.000000267. The Labute approximate surface area is 115 Å². The van der Waals surface area contributed by atoms with E-state index in [4.69, 9.17) is 0 Å². The zero-order valence-corrected chi connectivity index (χ0v) is 12.4. The molecule has 2 rings (SSSR count). The minimum atomic E-state index is 0. The van der Waals surface area contributed by atoms with Crippen LogP contribution in [0.25, 0.3) is 0 Å². The maximum absolute atomic E-state index is 2.27. The molecule has 0 spiro atoms. The second kappa shape index (κ2) is 11.6. The van der Waals surface area contributed by atoms with Crippen LogP contribution in [0.1, 0.15) is 39.0 Å². The van der Waals surface area contributed by atoms with E-state index in [9.17, 15) is 0 Å². The molecule has 0 amide bonds.